The monoisotopic (exact) mass is 478 g/mol. The number of alkyl halides is 3. The first-order chi connectivity index (χ1) is 15.4. The number of aromatic nitrogens is 1. The summed E-state index contributed by atoms with van der Waals surface area (Å²) in [5.74, 6) is -1.66. The molecular weight excluding hydrogens is 460 g/mol. The number of pyridine rings is 1. The van der Waals surface area contributed by atoms with Crippen LogP contribution < -0.4 is 5.56 Å². The Bertz CT molecular complexity index is 1440. The number of rotatable bonds is 3. The Hall–Kier alpha value is -3.27. The van der Waals surface area contributed by atoms with E-state index in [2.05, 4.69) is 0 Å². The minimum Gasteiger partial charge on any atom is -0.318 e. The Kier molecular flexibility index (Phi) is 5.52. The van der Waals surface area contributed by atoms with Crippen molar-refractivity contribution in [1.82, 2.24) is 4.57 Å². The van der Waals surface area contributed by atoms with Crippen molar-refractivity contribution in [2.45, 2.75) is 24.2 Å². The van der Waals surface area contributed by atoms with E-state index < -0.39 is 33.0 Å². The maximum atomic E-state index is 13.5. The molecule has 1 aliphatic rings. The molecule has 0 fully saturated rings. The first-order valence-corrected chi connectivity index (χ1v) is 11.5. The highest BCUT2D eigenvalue weighted by Gasteiger charge is 2.45. The number of sulfone groups is 1. The van der Waals surface area contributed by atoms with Crippen LogP contribution in [0.5, 0.6) is 0 Å². The van der Waals surface area contributed by atoms with Gasteiger partial charge in [-0.15, -0.1) is 0 Å². The summed E-state index contributed by atoms with van der Waals surface area (Å²) in [5.41, 5.74) is -2.65. The SMILES string of the molecule is C[C@@H]1N=C(c2ccc(F)cc2)c2ccc(CS(=O)(=O)C(F)(F)F)cc2-c2cn(C)c(=O)cc21. The van der Waals surface area contributed by atoms with Gasteiger partial charge in [0.1, 0.15) is 5.82 Å². The zero-order valence-corrected chi connectivity index (χ0v) is 18.3. The number of fused-ring (bicyclic) bond motifs is 3. The third kappa shape index (κ3) is 4.22. The molecular formula is C23H18F4N2O3S. The van der Waals surface area contributed by atoms with E-state index in [0.29, 0.717) is 33.5 Å². The molecule has 33 heavy (non-hydrogen) atoms. The number of benzene rings is 2. The molecule has 5 nitrogen and oxygen atoms in total. The summed E-state index contributed by atoms with van der Waals surface area (Å²) in [4.78, 5) is 17.0. The van der Waals surface area contributed by atoms with Gasteiger partial charge in [0.2, 0.25) is 0 Å². The third-order valence-electron chi connectivity index (χ3n) is 5.49. The summed E-state index contributed by atoms with van der Waals surface area (Å²) in [7, 11) is -3.85. The Morgan fingerprint density at radius 1 is 1.00 bits per heavy atom. The van der Waals surface area contributed by atoms with Gasteiger partial charge in [-0.25, -0.2) is 12.8 Å². The molecule has 0 amide bonds. The fourth-order valence-electron chi connectivity index (χ4n) is 3.80. The van der Waals surface area contributed by atoms with Gasteiger partial charge in [-0.05, 0) is 53.9 Å². The molecule has 0 aliphatic carbocycles. The molecule has 0 bridgehead atoms. The molecule has 0 unspecified atom stereocenters. The number of hydrogen-bond acceptors (Lipinski definition) is 4. The third-order valence-corrected chi connectivity index (χ3v) is 6.91. The fourth-order valence-corrected chi connectivity index (χ4v) is 4.58. The van der Waals surface area contributed by atoms with Crippen molar-refractivity contribution in [2.24, 2.45) is 12.0 Å². The highest BCUT2D eigenvalue weighted by molar-refractivity contribution is 7.91. The number of nitrogens with zero attached hydrogens (tertiary/aromatic N) is 2. The van der Waals surface area contributed by atoms with Crippen molar-refractivity contribution in [3.05, 3.63) is 93.2 Å². The standard InChI is InChI=1S/C23H18F4N2O3S/c1-13-18-10-21(30)29(2)11-20(18)19-9-14(12-33(31,32)23(25,26)27)3-8-17(19)22(28-13)15-4-6-16(24)7-5-15/h3-11,13H,12H2,1-2H3/t13-/m0/s1. The van der Waals surface area contributed by atoms with Crippen LogP contribution in [0.25, 0.3) is 11.1 Å². The Morgan fingerprint density at radius 3 is 2.30 bits per heavy atom. The van der Waals surface area contributed by atoms with Gasteiger partial charge in [0.05, 0.1) is 17.5 Å². The zero-order valence-electron chi connectivity index (χ0n) is 17.5. The van der Waals surface area contributed by atoms with E-state index in [1.807, 2.05) is 0 Å². The van der Waals surface area contributed by atoms with Crippen molar-refractivity contribution in [3.63, 3.8) is 0 Å². The quantitative estimate of drug-likeness (QED) is 0.519. The van der Waals surface area contributed by atoms with E-state index in [1.54, 1.807) is 13.1 Å². The Labute approximate surface area is 187 Å². The molecule has 10 heteroatoms. The molecule has 1 aliphatic heterocycles. The predicted octanol–water partition coefficient (Wildman–Crippen LogP) is 4.54. The molecule has 2 aromatic carbocycles. The van der Waals surface area contributed by atoms with Crippen LogP contribution in [0.15, 0.2) is 64.5 Å². The van der Waals surface area contributed by atoms with Gasteiger partial charge in [-0.1, -0.05) is 12.1 Å². The second-order valence-corrected chi connectivity index (χ2v) is 9.82. The van der Waals surface area contributed by atoms with Gasteiger partial charge in [0.25, 0.3) is 15.4 Å². The average Bonchev–Trinajstić information content (AvgIpc) is 2.83. The number of aliphatic imine (C=N–C) groups is 1. The molecule has 0 spiro atoms. The first-order valence-electron chi connectivity index (χ1n) is 9.84. The highest BCUT2D eigenvalue weighted by atomic mass is 32.2. The minimum atomic E-state index is -5.39. The van der Waals surface area contributed by atoms with E-state index >= 15 is 0 Å². The Balaban J connectivity index is 1.97. The average molecular weight is 478 g/mol. The van der Waals surface area contributed by atoms with Gasteiger partial charge in [0, 0.05) is 36.0 Å². The first kappa shape index (κ1) is 22.9. The van der Waals surface area contributed by atoms with Crippen LogP contribution in [0.4, 0.5) is 17.6 Å². The molecule has 0 saturated heterocycles. The molecule has 0 N–H and O–H groups in total. The van der Waals surface area contributed by atoms with Crippen LogP contribution >= 0.6 is 0 Å². The van der Waals surface area contributed by atoms with Crippen LogP contribution in [-0.4, -0.2) is 24.2 Å². The molecule has 1 aromatic heterocycles. The summed E-state index contributed by atoms with van der Waals surface area (Å²) in [6, 6.07) is 10.7. The normalized spacial score (nSPS) is 15.9. The van der Waals surface area contributed by atoms with E-state index in [4.69, 9.17) is 4.99 Å². The van der Waals surface area contributed by atoms with Crippen LogP contribution in [0.1, 0.15) is 35.2 Å². The molecule has 0 radical (unpaired) electrons. The maximum absolute atomic E-state index is 13.5. The topological polar surface area (TPSA) is 68.5 Å². The van der Waals surface area contributed by atoms with Gasteiger partial charge in [0.15, 0.2) is 0 Å². The van der Waals surface area contributed by atoms with Crippen LogP contribution in [0, 0.1) is 5.82 Å². The van der Waals surface area contributed by atoms with E-state index in [0.717, 1.165) is 0 Å². The van der Waals surface area contributed by atoms with Crippen molar-refractivity contribution < 1.29 is 26.0 Å². The van der Waals surface area contributed by atoms with Crippen LogP contribution in [-0.2, 0) is 22.6 Å². The number of aryl methyl sites for hydroxylation is 1. The predicted molar refractivity (Wildman–Crippen MR) is 116 cm³/mol. The smallest absolute Gasteiger partial charge is 0.318 e. The molecule has 1 atom stereocenters. The summed E-state index contributed by atoms with van der Waals surface area (Å²) in [6.07, 6.45) is 1.55. The summed E-state index contributed by atoms with van der Waals surface area (Å²) in [5, 5.41) is 0. The summed E-state index contributed by atoms with van der Waals surface area (Å²) >= 11 is 0. The Morgan fingerprint density at radius 2 is 1.67 bits per heavy atom. The second-order valence-electron chi connectivity index (χ2n) is 7.84. The molecule has 4 rings (SSSR count). The van der Waals surface area contributed by atoms with Crippen molar-refractivity contribution >= 4 is 15.5 Å². The van der Waals surface area contributed by atoms with Crippen molar-refractivity contribution in [2.75, 3.05) is 0 Å². The lowest BCUT2D eigenvalue weighted by atomic mass is 9.91. The fraction of sp³-hybridized carbons (Fsp3) is 0.217. The highest BCUT2D eigenvalue weighted by Crippen LogP contribution is 2.38. The lowest BCUT2D eigenvalue weighted by Crippen LogP contribution is -2.24. The van der Waals surface area contributed by atoms with Gasteiger partial charge < -0.3 is 4.57 Å². The van der Waals surface area contributed by atoms with Crippen molar-refractivity contribution in [3.8, 4) is 11.1 Å². The number of hydrogen-bond donors (Lipinski definition) is 0. The van der Waals surface area contributed by atoms with E-state index in [-0.39, 0.29) is 11.1 Å². The van der Waals surface area contributed by atoms with Crippen LogP contribution in [0.2, 0.25) is 0 Å². The van der Waals surface area contributed by atoms with E-state index in [1.165, 1.54) is 60.1 Å². The van der Waals surface area contributed by atoms with Crippen LogP contribution in [0.3, 0.4) is 0 Å². The molecule has 172 valence electrons. The lowest BCUT2D eigenvalue weighted by molar-refractivity contribution is -0.0437. The molecule has 0 saturated carbocycles. The maximum Gasteiger partial charge on any atom is 0.497 e. The van der Waals surface area contributed by atoms with Crippen molar-refractivity contribution in [1.29, 1.82) is 0 Å². The van der Waals surface area contributed by atoms with Gasteiger partial charge >= 0.3 is 5.51 Å². The summed E-state index contributed by atoms with van der Waals surface area (Å²) in [6.45, 7) is 1.77. The van der Waals surface area contributed by atoms with Gasteiger partial charge in [-0.2, -0.15) is 13.2 Å². The van der Waals surface area contributed by atoms with Gasteiger partial charge in [-0.3, -0.25) is 9.79 Å². The lowest BCUT2D eigenvalue weighted by Gasteiger charge is -2.15. The molecule has 2 heterocycles. The molecule has 3 aromatic rings. The largest absolute Gasteiger partial charge is 0.497 e. The zero-order chi connectivity index (χ0) is 24.1. The second kappa shape index (κ2) is 7.95. The number of halogens is 4. The minimum absolute atomic E-state index is 0.0566. The van der Waals surface area contributed by atoms with E-state index in [9.17, 15) is 30.8 Å². The summed E-state index contributed by atoms with van der Waals surface area (Å²) < 4.78 is 77.2.